The van der Waals surface area contributed by atoms with Crippen molar-refractivity contribution in [3.63, 3.8) is 0 Å². The molecule has 0 fully saturated rings. The van der Waals surface area contributed by atoms with Crippen LogP contribution in [-0.2, 0) is 17.9 Å². The molecule has 2 aromatic rings. The molecule has 102 valence electrons. The van der Waals surface area contributed by atoms with Gasteiger partial charge in [0.15, 0.2) is 5.49 Å². The zero-order valence-electron chi connectivity index (χ0n) is 11.0. The summed E-state index contributed by atoms with van der Waals surface area (Å²) in [5.41, 5.74) is 2.42. The molecule has 6 heteroatoms. The normalized spacial score (nSPS) is 11.3. The Bertz CT molecular complexity index is 686. The van der Waals surface area contributed by atoms with E-state index >= 15 is 0 Å². The molecule has 0 atom stereocenters. The summed E-state index contributed by atoms with van der Waals surface area (Å²) in [6.45, 7) is 0.961. The monoisotopic (exact) mass is 288 g/mol. The van der Waals surface area contributed by atoms with Crippen LogP contribution in [0.4, 0.5) is 0 Å². The molecule has 0 N–H and O–H groups in total. The first-order valence-electron chi connectivity index (χ1n) is 5.95. The van der Waals surface area contributed by atoms with Crippen molar-refractivity contribution in [1.82, 2.24) is 9.55 Å². The number of aromatic nitrogens is 2. The summed E-state index contributed by atoms with van der Waals surface area (Å²) >= 11 is 5.77. The van der Waals surface area contributed by atoms with Crippen LogP contribution < -0.4 is 5.49 Å². The number of pyridine rings is 2. The lowest BCUT2D eigenvalue weighted by Crippen LogP contribution is -2.25. The largest absolute Gasteiger partial charge is 0.380 e. The van der Waals surface area contributed by atoms with Gasteiger partial charge in [-0.15, -0.1) is 0 Å². The summed E-state index contributed by atoms with van der Waals surface area (Å²) in [5.74, 6) is 0. The molecular formula is C14H13ClN4O. The third-order valence-corrected chi connectivity index (χ3v) is 2.94. The van der Waals surface area contributed by atoms with E-state index in [0.717, 1.165) is 11.1 Å². The van der Waals surface area contributed by atoms with Crippen LogP contribution in [-0.4, -0.2) is 16.7 Å². The van der Waals surface area contributed by atoms with Crippen molar-refractivity contribution < 1.29 is 4.74 Å². The molecule has 0 saturated carbocycles. The number of halogens is 1. The second kappa shape index (κ2) is 6.85. The fraction of sp³-hybridized carbons (Fsp3) is 0.214. The van der Waals surface area contributed by atoms with E-state index in [-0.39, 0.29) is 0 Å². The Hall–Kier alpha value is -2.16. The first kappa shape index (κ1) is 14.3. The molecule has 5 nitrogen and oxygen atoms in total. The Balaban J connectivity index is 2.41. The fourth-order valence-corrected chi connectivity index (χ4v) is 1.98. The van der Waals surface area contributed by atoms with Crippen LogP contribution in [0.1, 0.15) is 11.1 Å². The van der Waals surface area contributed by atoms with Gasteiger partial charge in [0, 0.05) is 25.1 Å². The van der Waals surface area contributed by atoms with Crippen molar-refractivity contribution in [2.24, 2.45) is 4.99 Å². The highest BCUT2D eigenvalue weighted by molar-refractivity contribution is 6.29. The summed E-state index contributed by atoms with van der Waals surface area (Å²) < 4.78 is 7.00. The number of hydrogen-bond acceptors (Lipinski definition) is 4. The Kier molecular flexibility index (Phi) is 4.88. The second-order valence-corrected chi connectivity index (χ2v) is 4.51. The van der Waals surface area contributed by atoms with Crippen LogP contribution >= 0.6 is 11.6 Å². The molecule has 0 saturated heterocycles. The van der Waals surface area contributed by atoms with Crippen LogP contribution in [0.5, 0.6) is 0 Å². The van der Waals surface area contributed by atoms with Crippen LogP contribution in [0.25, 0.3) is 0 Å². The van der Waals surface area contributed by atoms with Crippen molar-refractivity contribution in [3.05, 3.63) is 58.4 Å². The highest BCUT2D eigenvalue weighted by Crippen LogP contribution is 2.06. The fourth-order valence-electron chi connectivity index (χ4n) is 1.87. The average Bonchev–Trinajstić information content (AvgIpc) is 2.45. The highest BCUT2D eigenvalue weighted by Gasteiger charge is 2.03. The molecule has 0 spiro atoms. The average molecular weight is 289 g/mol. The van der Waals surface area contributed by atoms with Crippen molar-refractivity contribution in [2.75, 3.05) is 7.11 Å². The molecule has 2 rings (SSSR count). The lowest BCUT2D eigenvalue weighted by molar-refractivity contribution is 0.183. The van der Waals surface area contributed by atoms with E-state index in [4.69, 9.17) is 21.6 Å². The van der Waals surface area contributed by atoms with Crippen LogP contribution in [0.3, 0.4) is 0 Å². The molecule has 0 aliphatic carbocycles. The minimum absolute atomic E-state index is 0.403. The molecule has 0 aromatic carbocycles. The molecule has 0 bridgehead atoms. The molecule has 2 heterocycles. The zero-order chi connectivity index (χ0) is 14.4. The second-order valence-electron chi connectivity index (χ2n) is 4.12. The first-order valence-corrected chi connectivity index (χ1v) is 6.33. The molecule has 0 radical (unpaired) electrons. The van der Waals surface area contributed by atoms with E-state index < -0.39 is 0 Å². The van der Waals surface area contributed by atoms with Gasteiger partial charge in [-0.1, -0.05) is 23.7 Å². The molecule has 20 heavy (non-hydrogen) atoms. The van der Waals surface area contributed by atoms with Gasteiger partial charge < -0.3 is 9.30 Å². The van der Waals surface area contributed by atoms with Gasteiger partial charge in [0.2, 0.25) is 6.19 Å². The standard InChI is InChI=1S/C14H13ClN4O/c1-20-9-12-3-2-6-19(14(12)18-10-16)8-11-4-5-13(15)17-7-11/h2-7H,8-9H2,1H3. The topological polar surface area (TPSA) is 63.2 Å². The maximum absolute atomic E-state index is 8.84. The van der Waals surface area contributed by atoms with Gasteiger partial charge in [0.05, 0.1) is 13.2 Å². The minimum atomic E-state index is 0.403. The number of rotatable bonds is 4. The van der Waals surface area contributed by atoms with Gasteiger partial charge in [-0.3, -0.25) is 0 Å². The lowest BCUT2D eigenvalue weighted by Gasteiger charge is -2.10. The van der Waals surface area contributed by atoms with E-state index in [1.165, 1.54) is 0 Å². The van der Waals surface area contributed by atoms with Crippen LogP contribution in [0, 0.1) is 11.5 Å². The Morgan fingerprint density at radius 1 is 1.45 bits per heavy atom. The SMILES string of the molecule is COCc1cccn(Cc2ccc(Cl)nc2)c1=NC#N. The maximum atomic E-state index is 8.84. The number of nitriles is 1. The highest BCUT2D eigenvalue weighted by atomic mass is 35.5. The zero-order valence-corrected chi connectivity index (χ0v) is 11.7. The molecule has 0 unspecified atom stereocenters. The summed E-state index contributed by atoms with van der Waals surface area (Å²) in [4.78, 5) is 7.92. The molecule has 2 aromatic heterocycles. The van der Waals surface area contributed by atoms with Gasteiger partial charge in [-0.2, -0.15) is 10.3 Å². The van der Waals surface area contributed by atoms with Gasteiger partial charge in [-0.25, -0.2) is 4.98 Å². The lowest BCUT2D eigenvalue weighted by atomic mass is 10.2. The van der Waals surface area contributed by atoms with Gasteiger partial charge >= 0.3 is 0 Å². The summed E-state index contributed by atoms with van der Waals surface area (Å²) in [6, 6.07) is 7.41. The minimum Gasteiger partial charge on any atom is -0.380 e. The van der Waals surface area contributed by atoms with E-state index in [1.54, 1.807) is 19.4 Å². The quantitative estimate of drug-likeness (QED) is 0.639. The van der Waals surface area contributed by atoms with E-state index in [2.05, 4.69) is 9.98 Å². The van der Waals surface area contributed by atoms with E-state index in [0.29, 0.717) is 23.8 Å². The smallest absolute Gasteiger partial charge is 0.207 e. The Labute approximate surface area is 121 Å². The predicted octanol–water partition coefficient (Wildman–Crippen LogP) is 2.11. The Morgan fingerprint density at radius 3 is 2.95 bits per heavy atom. The molecule has 0 aliphatic heterocycles. The van der Waals surface area contributed by atoms with Crippen LogP contribution in [0.15, 0.2) is 41.7 Å². The third-order valence-electron chi connectivity index (χ3n) is 2.72. The van der Waals surface area contributed by atoms with Crippen LogP contribution in [0.2, 0.25) is 5.15 Å². The predicted molar refractivity (Wildman–Crippen MR) is 74.7 cm³/mol. The van der Waals surface area contributed by atoms with E-state index in [1.807, 2.05) is 35.2 Å². The Morgan fingerprint density at radius 2 is 2.30 bits per heavy atom. The molecule has 0 aliphatic rings. The number of methoxy groups -OCH3 is 1. The van der Waals surface area contributed by atoms with Crippen molar-refractivity contribution in [1.29, 1.82) is 5.26 Å². The maximum Gasteiger partial charge on any atom is 0.207 e. The van der Waals surface area contributed by atoms with Crippen molar-refractivity contribution in [2.45, 2.75) is 13.2 Å². The third kappa shape index (κ3) is 3.44. The molecular weight excluding hydrogens is 276 g/mol. The number of hydrogen-bond donors (Lipinski definition) is 0. The van der Waals surface area contributed by atoms with Gasteiger partial charge in [-0.05, 0) is 17.7 Å². The van der Waals surface area contributed by atoms with Crippen molar-refractivity contribution in [3.8, 4) is 6.19 Å². The summed E-state index contributed by atoms with van der Waals surface area (Å²) in [7, 11) is 1.61. The number of ether oxygens (including phenoxy) is 1. The van der Waals surface area contributed by atoms with Gasteiger partial charge in [0.25, 0.3) is 0 Å². The number of nitrogens with zero attached hydrogens (tertiary/aromatic N) is 4. The van der Waals surface area contributed by atoms with E-state index in [9.17, 15) is 0 Å². The summed E-state index contributed by atoms with van der Waals surface area (Å²) in [5, 5.41) is 9.29. The first-order chi connectivity index (χ1) is 9.74. The summed E-state index contributed by atoms with van der Waals surface area (Å²) in [6.07, 6.45) is 5.40. The van der Waals surface area contributed by atoms with Crippen molar-refractivity contribution >= 4 is 11.6 Å². The van der Waals surface area contributed by atoms with Gasteiger partial charge in [0.1, 0.15) is 5.15 Å². The molecule has 0 amide bonds.